The van der Waals surface area contributed by atoms with Crippen molar-refractivity contribution >= 4 is 46.8 Å². The van der Waals surface area contributed by atoms with E-state index in [9.17, 15) is 9.90 Å². The summed E-state index contributed by atoms with van der Waals surface area (Å²) in [6, 6.07) is 11.5. The Bertz CT molecular complexity index is 1140. The van der Waals surface area contributed by atoms with E-state index in [1.165, 1.54) is 0 Å². The molecule has 0 bridgehead atoms. The maximum Gasteiger partial charge on any atom is 0.510 e. The largest absolute Gasteiger partial charge is 0.510 e. The molecule has 0 spiro atoms. The molecule has 8 nitrogen and oxygen atoms in total. The zero-order valence-electron chi connectivity index (χ0n) is 22.5. The first-order chi connectivity index (χ1) is 18.8. The maximum atomic E-state index is 11.9. The molecule has 1 fully saturated rings. The smallest absolute Gasteiger partial charge is 0.494 e. The molecule has 10 heteroatoms. The maximum absolute atomic E-state index is 11.9. The van der Waals surface area contributed by atoms with Gasteiger partial charge in [0.2, 0.25) is 0 Å². The predicted molar refractivity (Wildman–Crippen MR) is 156 cm³/mol. The Morgan fingerprint density at radius 2 is 1.85 bits per heavy atom. The standard InChI is InChI=1S/C29H37Cl2N3O5/c1-21(2)19-38-29(36)39-20-34-26-18-23(10-8-22(26)9-11-27(34)35)37-17-4-3-12-32-13-15-33(16-14-32)25-7-5-6-24(30)28(25)31/h5-11,18,21,27,35H,3-4,12-17,19-20H2,1-2H3. The third kappa shape index (κ3) is 8.18. The van der Waals surface area contributed by atoms with E-state index in [4.69, 9.17) is 37.4 Å². The van der Waals surface area contributed by atoms with E-state index in [-0.39, 0.29) is 19.3 Å². The summed E-state index contributed by atoms with van der Waals surface area (Å²) in [6.07, 6.45) is 3.78. The Balaban J connectivity index is 1.19. The van der Waals surface area contributed by atoms with Gasteiger partial charge in [-0.3, -0.25) is 4.90 Å². The third-order valence-corrected chi connectivity index (χ3v) is 7.53. The first kappa shape index (κ1) is 29.3. The zero-order valence-corrected chi connectivity index (χ0v) is 24.0. The van der Waals surface area contributed by atoms with Crippen LogP contribution in [0, 0.1) is 5.92 Å². The molecule has 1 atom stereocenters. The molecule has 39 heavy (non-hydrogen) atoms. The van der Waals surface area contributed by atoms with E-state index in [2.05, 4.69) is 9.80 Å². The highest BCUT2D eigenvalue weighted by Crippen LogP contribution is 2.33. The average Bonchev–Trinajstić information content (AvgIpc) is 2.93. The molecule has 2 aliphatic rings. The number of fused-ring (bicyclic) bond motifs is 1. The van der Waals surface area contributed by atoms with E-state index in [1.807, 2.05) is 56.3 Å². The van der Waals surface area contributed by atoms with Crippen LogP contribution in [0.1, 0.15) is 32.3 Å². The Kier molecular flexibility index (Phi) is 10.6. The lowest BCUT2D eigenvalue weighted by molar-refractivity contribution is 0.0411. The number of aliphatic hydroxyl groups excluding tert-OH is 1. The lowest BCUT2D eigenvalue weighted by atomic mass is 10.1. The van der Waals surface area contributed by atoms with Gasteiger partial charge >= 0.3 is 6.16 Å². The number of ether oxygens (including phenoxy) is 3. The molecule has 0 aliphatic carbocycles. The molecule has 2 aliphatic heterocycles. The number of carbonyl (C=O) groups is 1. The summed E-state index contributed by atoms with van der Waals surface area (Å²) in [7, 11) is 0. The average molecular weight is 579 g/mol. The molecule has 1 saturated heterocycles. The second kappa shape index (κ2) is 14.1. The Morgan fingerprint density at radius 3 is 2.62 bits per heavy atom. The van der Waals surface area contributed by atoms with Crippen molar-refractivity contribution in [2.75, 3.05) is 62.5 Å². The van der Waals surface area contributed by atoms with Crippen molar-refractivity contribution in [2.24, 2.45) is 5.92 Å². The van der Waals surface area contributed by atoms with Gasteiger partial charge in [0.05, 0.1) is 34.6 Å². The highest BCUT2D eigenvalue weighted by atomic mass is 35.5. The number of rotatable bonds is 11. The SMILES string of the molecule is CC(C)COC(=O)OCN1c2cc(OCCCCN3CCN(c4cccc(Cl)c4Cl)CC3)ccc2C=CC1O. The fourth-order valence-corrected chi connectivity index (χ4v) is 4.98. The van der Waals surface area contributed by atoms with Crippen LogP contribution < -0.4 is 14.5 Å². The fourth-order valence-electron chi connectivity index (χ4n) is 4.56. The van der Waals surface area contributed by atoms with Gasteiger partial charge < -0.3 is 29.1 Å². The van der Waals surface area contributed by atoms with Gasteiger partial charge in [-0.25, -0.2) is 4.79 Å². The van der Waals surface area contributed by atoms with Gasteiger partial charge in [0, 0.05) is 32.2 Å². The summed E-state index contributed by atoms with van der Waals surface area (Å²) in [4.78, 5) is 18.2. The molecule has 0 aromatic heterocycles. The van der Waals surface area contributed by atoms with Gasteiger partial charge in [-0.15, -0.1) is 0 Å². The molecular formula is C29H37Cl2N3O5. The summed E-state index contributed by atoms with van der Waals surface area (Å²) in [6.45, 7) is 9.45. The van der Waals surface area contributed by atoms with Crippen LogP contribution in [0.5, 0.6) is 5.75 Å². The number of carbonyl (C=O) groups excluding carboxylic acids is 1. The molecule has 1 unspecified atom stereocenters. The van der Waals surface area contributed by atoms with Gasteiger partial charge in [0.1, 0.15) is 12.0 Å². The Morgan fingerprint density at radius 1 is 1.05 bits per heavy atom. The van der Waals surface area contributed by atoms with Gasteiger partial charge in [0.15, 0.2) is 6.73 Å². The van der Waals surface area contributed by atoms with E-state index in [1.54, 1.807) is 11.0 Å². The number of unbranched alkanes of at least 4 members (excludes halogenated alkanes) is 1. The molecule has 0 amide bonds. The number of hydrogen-bond acceptors (Lipinski definition) is 8. The molecule has 4 rings (SSSR count). The van der Waals surface area contributed by atoms with Crippen LogP contribution in [-0.4, -0.2) is 75.1 Å². The molecule has 0 saturated carbocycles. The molecule has 0 radical (unpaired) electrons. The van der Waals surface area contributed by atoms with Crippen LogP contribution in [0.4, 0.5) is 16.2 Å². The molecule has 2 aromatic carbocycles. The van der Waals surface area contributed by atoms with Crippen LogP contribution in [0.15, 0.2) is 42.5 Å². The number of anilines is 2. The minimum absolute atomic E-state index is 0.129. The molecule has 212 valence electrons. The van der Waals surface area contributed by atoms with E-state index in [0.29, 0.717) is 22.4 Å². The molecule has 1 N–H and O–H groups in total. The predicted octanol–water partition coefficient (Wildman–Crippen LogP) is 5.89. The summed E-state index contributed by atoms with van der Waals surface area (Å²) in [5.74, 6) is 0.918. The number of piperazine rings is 1. The second-order valence-electron chi connectivity index (χ2n) is 10.1. The van der Waals surface area contributed by atoms with Crippen molar-refractivity contribution in [1.82, 2.24) is 4.90 Å². The van der Waals surface area contributed by atoms with Crippen molar-refractivity contribution < 1.29 is 24.1 Å². The number of halogens is 2. The zero-order chi connectivity index (χ0) is 27.8. The lowest BCUT2D eigenvalue weighted by Gasteiger charge is -2.36. The lowest BCUT2D eigenvalue weighted by Crippen LogP contribution is -2.46. The summed E-state index contributed by atoms with van der Waals surface area (Å²) in [5.41, 5.74) is 2.64. The van der Waals surface area contributed by atoms with Crippen LogP contribution in [0.2, 0.25) is 10.0 Å². The van der Waals surface area contributed by atoms with Gasteiger partial charge in [-0.1, -0.05) is 49.2 Å². The van der Waals surface area contributed by atoms with E-state index in [0.717, 1.165) is 62.5 Å². The van der Waals surface area contributed by atoms with Crippen LogP contribution >= 0.6 is 23.2 Å². The number of hydrogen-bond donors (Lipinski definition) is 1. The van der Waals surface area contributed by atoms with Crippen molar-refractivity contribution in [3.05, 3.63) is 58.1 Å². The number of nitrogens with zero attached hydrogens (tertiary/aromatic N) is 3. The summed E-state index contributed by atoms with van der Waals surface area (Å²) >= 11 is 12.6. The number of aliphatic hydroxyl groups is 1. The van der Waals surface area contributed by atoms with Crippen molar-refractivity contribution in [1.29, 1.82) is 0 Å². The minimum atomic E-state index is -0.916. The highest BCUT2D eigenvalue weighted by Gasteiger charge is 2.23. The van der Waals surface area contributed by atoms with Gasteiger partial charge in [-0.2, -0.15) is 0 Å². The molecule has 2 heterocycles. The topological polar surface area (TPSA) is 74.7 Å². The monoisotopic (exact) mass is 577 g/mol. The van der Waals surface area contributed by atoms with Crippen molar-refractivity contribution in [2.45, 2.75) is 32.9 Å². The van der Waals surface area contributed by atoms with Crippen molar-refractivity contribution in [3.8, 4) is 5.75 Å². The number of benzene rings is 2. The second-order valence-corrected chi connectivity index (χ2v) is 10.9. The van der Waals surface area contributed by atoms with Crippen LogP contribution in [-0.2, 0) is 9.47 Å². The first-order valence-corrected chi connectivity index (χ1v) is 14.2. The molecular weight excluding hydrogens is 541 g/mol. The van der Waals surface area contributed by atoms with Gasteiger partial charge in [0.25, 0.3) is 0 Å². The highest BCUT2D eigenvalue weighted by molar-refractivity contribution is 6.43. The van der Waals surface area contributed by atoms with Crippen LogP contribution in [0.3, 0.4) is 0 Å². The van der Waals surface area contributed by atoms with Crippen LogP contribution in [0.25, 0.3) is 6.08 Å². The van der Waals surface area contributed by atoms with Crippen molar-refractivity contribution in [3.63, 3.8) is 0 Å². The summed E-state index contributed by atoms with van der Waals surface area (Å²) in [5, 5.41) is 11.7. The van der Waals surface area contributed by atoms with Gasteiger partial charge in [-0.05, 0) is 61.2 Å². The fraction of sp³-hybridized carbons (Fsp3) is 0.483. The van der Waals surface area contributed by atoms with E-state index >= 15 is 0 Å². The minimum Gasteiger partial charge on any atom is -0.494 e. The third-order valence-electron chi connectivity index (χ3n) is 6.72. The quantitative estimate of drug-likeness (QED) is 0.261. The normalized spacial score (nSPS) is 17.3. The molecule has 2 aromatic rings. The Labute approximate surface area is 240 Å². The Hall–Kier alpha value is -2.65. The van der Waals surface area contributed by atoms with E-state index < -0.39 is 12.4 Å². The first-order valence-electron chi connectivity index (χ1n) is 13.4. The summed E-state index contributed by atoms with van der Waals surface area (Å²) < 4.78 is 16.3.